The Labute approximate surface area is 180 Å². The largest absolute Gasteiger partial charge is 0.316 e. The number of hydrogen-bond acceptors (Lipinski definition) is 0. The van der Waals surface area contributed by atoms with Gasteiger partial charge in [0.25, 0.3) is 0 Å². The Morgan fingerprint density at radius 3 is 2.35 bits per heavy atom. The van der Waals surface area contributed by atoms with E-state index in [9.17, 15) is 0 Å². The topological polar surface area (TPSA) is 4.41 Å². The third-order valence-electron chi connectivity index (χ3n) is 7.45. The highest BCUT2D eigenvalue weighted by atomic mass is 14.9. The minimum Gasteiger partial charge on any atom is -0.316 e. The second kappa shape index (κ2) is 5.44. The van der Waals surface area contributed by atoms with E-state index >= 15 is 0 Å². The number of aromatic nitrogens is 1. The Balaban J connectivity index is 1.47. The van der Waals surface area contributed by atoms with Crippen LogP contribution < -0.4 is 0 Å². The van der Waals surface area contributed by atoms with Crippen LogP contribution in [0.3, 0.4) is 0 Å². The van der Waals surface area contributed by atoms with Gasteiger partial charge >= 0.3 is 0 Å². The molecule has 0 bridgehead atoms. The fraction of sp³-hybridized carbons (Fsp3) is 0.0667. The SMILES string of the molecule is c1ccc2c(c1)Cc1ccc3c(c1-2)Cc1cc2c(cc1-3)c1ccccc1n1cccc21. The highest BCUT2D eigenvalue weighted by Crippen LogP contribution is 2.49. The zero-order valence-electron chi connectivity index (χ0n) is 17.0. The molecule has 0 saturated carbocycles. The number of rotatable bonds is 0. The molecular weight excluding hydrogens is 374 g/mol. The second-order valence-electron chi connectivity index (χ2n) is 8.97. The van der Waals surface area contributed by atoms with Gasteiger partial charge in [-0.1, -0.05) is 54.6 Å². The van der Waals surface area contributed by atoms with Gasteiger partial charge in [-0.15, -0.1) is 0 Å². The van der Waals surface area contributed by atoms with Crippen LogP contribution in [0.2, 0.25) is 0 Å². The minimum absolute atomic E-state index is 1.03. The molecule has 0 fully saturated rings. The van der Waals surface area contributed by atoms with Crippen molar-refractivity contribution in [3.05, 3.63) is 113 Å². The molecule has 144 valence electrons. The molecule has 6 aromatic rings. The summed E-state index contributed by atoms with van der Waals surface area (Å²) in [5.74, 6) is 0. The van der Waals surface area contributed by atoms with Crippen LogP contribution in [0, 0.1) is 0 Å². The molecule has 8 rings (SSSR count). The first kappa shape index (κ1) is 15.9. The molecule has 2 aliphatic carbocycles. The van der Waals surface area contributed by atoms with Gasteiger partial charge in [0.05, 0.1) is 11.0 Å². The van der Waals surface area contributed by atoms with Crippen molar-refractivity contribution >= 4 is 27.2 Å². The maximum absolute atomic E-state index is 2.46. The molecule has 0 spiro atoms. The van der Waals surface area contributed by atoms with Crippen LogP contribution in [0.15, 0.2) is 91.1 Å². The van der Waals surface area contributed by atoms with Crippen molar-refractivity contribution in [2.24, 2.45) is 0 Å². The fourth-order valence-electron chi connectivity index (χ4n) is 6.13. The summed E-state index contributed by atoms with van der Waals surface area (Å²) in [6.45, 7) is 0. The summed E-state index contributed by atoms with van der Waals surface area (Å²) in [7, 11) is 0. The highest BCUT2D eigenvalue weighted by molar-refractivity contribution is 6.14. The third-order valence-corrected chi connectivity index (χ3v) is 7.45. The van der Waals surface area contributed by atoms with Crippen LogP contribution in [0.5, 0.6) is 0 Å². The molecule has 0 aliphatic heterocycles. The summed E-state index contributed by atoms with van der Waals surface area (Å²) < 4.78 is 2.33. The van der Waals surface area contributed by atoms with Gasteiger partial charge in [0.15, 0.2) is 0 Å². The number of benzene rings is 4. The molecule has 31 heavy (non-hydrogen) atoms. The van der Waals surface area contributed by atoms with E-state index in [-0.39, 0.29) is 0 Å². The van der Waals surface area contributed by atoms with Gasteiger partial charge in [-0.25, -0.2) is 0 Å². The fourth-order valence-corrected chi connectivity index (χ4v) is 6.13. The van der Waals surface area contributed by atoms with E-state index in [1.807, 2.05) is 0 Å². The lowest BCUT2D eigenvalue weighted by Crippen LogP contribution is -1.91. The summed E-state index contributed by atoms with van der Waals surface area (Å²) in [5.41, 5.74) is 14.3. The number of nitrogens with zero attached hydrogens (tertiary/aromatic N) is 1. The van der Waals surface area contributed by atoms with Crippen LogP contribution >= 0.6 is 0 Å². The summed E-state index contributed by atoms with van der Waals surface area (Å²) in [5, 5.41) is 4.03. The summed E-state index contributed by atoms with van der Waals surface area (Å²) >= 11 is 0. The zero-order valence-corrected chi connectivity index (χ0v) is 17.0. The quantitative estimate of drug-likeness (QED) is 0.237. The third kappa shape index (κ3) is 1.92. The predicted molar refractivity (Wildman–Crippen MR) is 129 cm³/mol. The van der Waals surface area contributed by atoms with Crippen molar-refractivity contribution < 1.29 is 0 Å². The van der Waals surface area contributed by atoms with Gasteiger partial charge in [-0.05, 0) is 93.1 Å². The number of pyridine rings is 1. The molecule has 4 aromatic carbocycles. The molecule has 0 amide bonds. The normalized spacial score (nSPS) is 13.5. The van der Waals surface area contributed by atoms with Gasteiger partial charge in [-0.3, -0.25) is 0 Å². The Morgan fingerprint density at radius 2 is 1.35 bits per heavy atom. The smallest absolute Gasteiger partial charge is 0.0535 e. The van der Waals surface area contributed by atoms with Crippen LogP contribution in [0.4, 0.5) is 0 Å². The van der Waals surface area contributed by atoms with Gasteiger partial charge in [-0.2, -0.15) is 0 Å². The summed E-state index contributed by atoms with van der Waals surface area (Å²) in [6.07, 6.45) is 4.27. The Morgan fingerprint density at radius 1 is 0.516 bits per heavy atom. The predicted octanol–water partition coefficient (Wildman–Crippen LogP) is 7.39. The van der Waals surface area contributed by atoms with Crippen LogP contribution in [-0.2, 0) is 12.8 Å². The average molecular weight is 393 g/mol. The number of hydrogen-bond donors (Lipinski definition) is 0. The summed E-state index contributed by atoms with van der Waals surface area (Å²) in [6, 6.07) is 31.8. The van der Waals surface area contributed by atoms with E-state index in [2.05, 4.69) is 95.5 Å². The van der Waals surface area contributed by atoms with E-state index in [4.69, 9.17) is 0 Å². The lowest BCUT2D eigenvalue weighted by Gasteiger charge is -2.12. The first-order chi connectivity index (χ1) is 15.4. The van der Waals surface area contributed by atoms with E-state index in [0.717, 1.165) is 12.8 Å². The molecule has 2 aliphatic rings. The van der Waals surface area contributed by atoms with Crippen LogP contribution in [0.25, 0.3) is 49.4 Å². The lowest BCUT2D eigenvalue weighted by atomic mass is 9.95. The molecule has 1 nitrogen and oxygen atoms in total. The molecule has 0 unspecified atom stereocenters. The van der Waals surface area contributed by atoms with Crippen molar-refractivity contribution in [3.63, 3.8) is 0 Å². The van der Waals surface area contributed by atoms with Gasteiger partial charge < -0.3 is 4.40 Å². The average Bonchev–Trinajstić information content (AvgIpc) is 3.52. The Hall–Kier alpha value is -3.84. The van der Waals surface area contributed by atoms with Crippen molar-refractivity contribution in [2.75, 3.05) is 0 Å². The van der Waals surface area contributed by atoms with Crippen molar-refractivity contribution in [1.29, 1.82) is 0 Å². The van der Waals surface area contributed by atoms with Crippen LogP contribution in [0.1, 0.15) is 22.3 Å². The molecule has 0 atom stereocenters. The molecule has 1 heteroatoms. The van der Waals surface area contributed by atoms with E-state index < -0.39 is 0 Å². The van der Waals surface area contributed by atoms with Crippen molar-refractivity contribution in [1.82, 2.24) is 4.40 Å². The van der Waals surface area contributed by atoms with Gasteiger partial charge in [0.2, 0.25) is 0 Å². The Kier molecular flexibility index (Phi) is 2.80. The van der Waals surface area contributed by atoms with E-state index in [1.54, 1.807) is 0 Å². The molecule has 2 aromatic heterocycles. The number of fused-ring (bicyclic) bond motifs is 13. The standard InChI is InChI=1S/C30H19N/c1-2-7-21-18(6-1)14-19-11-12-22-24-17-25-23-8-3-4-9-28(23)31-13-5-10-29(31)26(25)15-20(24)16-27(22)30(19)21/h1-13,15,17H,14,16H2. The van der Waals surface area contributed by atoms with Gasteiger partial charge in [0, 0.05) is 17.0 Å². The highest BCUT2D eigenvalue weighted by Gasteiger charge is 2.28. The monoisotopic (exact) mass is 393 g/mol. The minimum atomic E-state index is 1.03. The van der Waals surface area contributed by atoms with E-state index in [1.165, 1.54) is 71.7 Å². The van der Waals surface area contributed by atoms with E-state index in [0.29, 0.717) is 0 Å². The molecule has 0 saturated heterocycles. The van der Waals surface area contributed by atoms with Crippen molar-refractivity contribution in [2.45, 2.75) is 12.8 Å². The molecule has 0 N–H and O–H groups in total. The zero-order chi connectivity index (χ0) is 20.1. The summed E-state index contributed by atoms with van der Waals surface area (Å²) in [4.78, 5) is 0. The van der Waals surface area contributed by atoms with Crippen molar-refractivity contribution in [3.8, 4) is 22.3 Å². The lowest BCUT2D eigenvalue weighted by molar-refractivity contribution is 1.23. The van der Waals surface area contributed by atoms with Gasteiger partial charge in [0.1, 0.15) is 0 Å². The van der Waals surface area contributed by atoms with Crippen LogP contribution in [-0.4, -0.2) is 4.40 Å². The second-order valence-corrected chi connectivity index (χ2v) is 8.97. The number of para-hydroxylation sites is 1. The first-order valence-corrected chi connectivity index (χ1v) is 11.0. The molecule has 0 radical (unpaired) electrons. The molecule has 2 heterocycles. The maximum Gasteiger partial charge on any atom is 0.0535 e. The maximum atomic E-state index is 2.46. The first-order valence-electron chi connectivity index (χ1n) is 11.0. The Bertz CT molecular complexity index is 1730. The molecular formula is C30H19N.